The predicted molar refractivity (Wildman–Crippen MR) is 85.6 cm³/mol. The minimum atomic E-state index is 0.0431. The van der Waals surface area contributed by atoms with E-state index in [1.165, 1.54) is 5.75 Å². The Hall–Kier alpha value is -0.120. The van der Waals surface area contributed by atoms with Crippen LogP contribution in [-0.4, -0.2) is 59.5 Å². The summed E-state index contributed by atoms with van der Waals surface area (Å²) in [6.45, 7) is 2.43. The van der Waals surface area contributed by atoms with Gasteiger partial charge in [-0.15, -0.1) is 0 Å². The average molecular weight is 364 g/mol. The van der Waals surface area contributed by atoms with E-state index in [4.69, 9.17) is 10.6 Å². The molecule has 2 unspecified atom stereocenters. The van der Waals surface area contributed by atoms with Gasteiger partial charge in [-0.1, -0.05) is 0 Å². The van der Waals surface area contributed by atoms with Gasteiger partial charge >= 0.3 is 0 Å². The number of aromatic nitrogens is 2. The van der Waals surface area contributed by atoms with Crippen LogP contribution in [0.2, 0.25) is 0 Å². The maximum absolute atomic E-state index is 5.84. The molecule has 0 radical (unpaired) electrons. The molecular formula is C12H22BrN5OS. The summed E-state index contributed by atoms with van der Waals surface area (Å²) in [6, 6.07) is 0.398. The van der Waals surface area contributed by atoms with Crippen molar-refractivity contribution in [3.8, 4) is 0 Å². The van der Waals surface area contributed by atoms with E-state index < -0.39 is 0 Å². The largest absolute Gasteiger partial charge is 0.383 e. The van der Waals surface area contributed by atoms with Crippen molar-refractivity contribution in [1.82, 2.24) is 20.1 Å². The molecule has 20 heavy (non-hydrogen) atoms. The lowest BCUT2D eigenvalue weighted by atomic mass is 10.1. The Bertz CT molecular complexity index is 430. The predicted octanol–water partition coefficient (Wildman–Crippen LogP) is 0.844. The number of halogens is 1. The summed E-state index contributed by atoms with van der Waals surface area (Å²) in [5.74, 6) is 8.08. The van der Waals surface area contributed by atoms with Crippen LogP contribution in [0.3, 0.4) is 0 Å². The third-order valence-electron chi connectivity index (χ3n) is 3.64. The molecule has 1 aromatic heterocycles. The summed E-state index contributed by atoms with van der Waals surface area (Å²) >= 11 is 5.56. The van der Waals surface area contributed by atoms with Crippen molar-refractivity contribution in [3.05, 3.63) is 16.4 Å². The van der Waals surface area contributed by atoms with E-state index in [-0.39, 0.29) is 6.04 Å². The molecular weight excluding hydrogens is 342 g/mol. The van der Waals surface area contributed by atoms with Crippen molar-refractivity contribution < 1.29 is 4.74 Å². The van der Waals surface area contributed by atoms with Crippen LogP contribution in [0.5, 0.6) is 0 Å². The van der Waals surface area contributed by atoms with Crippen molar-refractivity contribution >= 4 is 27.7 Å². The van der Waals surface area contributed by atoms with Gasteiger partial charge in [0.1, 0.15) is 0 Å². The van der Waals surface area contributed by atoms with E-state index in [1.54, 1.807) is 7.11 Å². The lowest BCUT2D eigenvalue weighted by Crippen LogP contribution is -2.50. The van der Waals surface area contributed by atoms with Crippen LogP contribution < -0.4 is 11.3 Å². The zero-order chi connectivity index (χ0) is 14.5. The van der Waals surface area contributed by atoms with E-state index in [2.05, 4.69) is 38.4 Å². The van der Waals surface area contributed by atoms with Crippen molar-refractivity contribution in [2.45, 2.75) is 18.6 Å². The molecule has 1 fully saturated rings. The van der Waals surface area contributed by atoms with Crippen molar-refractivity contribution in [2.75, 3.05) is 38.8 Å². The number of hydrogen-bond donors (Lipinski definition) is 2. The first-order valence-electron chi connectivity index (χ1n) is 6.63. The molecule has 0 bridgehead atoms. The second-order valence-electron chi connectivity index (χ2n) is 4.86. The van der Waals surface area contributed by atoms with Crippen LogP contribution in [0, 0.1) is 0 Å². The Morgan fingerprint density at radius 1 is 1.70 bits per heavy atom. The Kier molecular flexibility index (Phi) is 6.31. The Balaban J connectivity index is 2.23. The molecule has 1 aromatic rings. The zero-order valence-electron chi connectivity index (χ0n) is 11.9. The van der Waals surface area contributed by atoms with Crippen LogP contribution in [0.1, 0.15) is 11.7 Å². The number of ether oxygens (including phenoxy) is 1. The summed E-state index contributed by atoms with van der Waals surface area (Å²) in [7, 11) is 3.85. The van der Waals surface area contributed by atoms with Crippen LogP contribution in [-0.2, 0) is 11.3 Å². The van der Waals surface area contributed by atoms with Crippen molar-refractivity contribution in [2.24, 2.45) is 5.84 Å². The molecule has 0 amide bonds. The molecule has 0 spiro atoms. The fourth-order valence-electron chi connectivity index (χ4n) is 2.47. The van der Waals surface area contributed by atoms with Gasteiger partial charge in [-0.05, 0) is 23.0 Å². The fourth-order valence-corrected chi connectivity index (χ4v) is 4.28. The highest BCUT2D eigenvalue weighted by atomic mass is 79.9. The maximum atomic E-state index is 5.84. The molecule has 2 heterocycles. The molecule has 6 nitrogen and oxygen atoms in total. The Labute approximate surface area is 132 Å². The molecule has 0 aliphatic carbocycles. The van der Waals surface area contributed by atoms with Crippen LogP contribution >= 0.6 is 27.7 Å². The monoisotopic (exact) mass is 363 g/mol. The number of likely N-dealkylation sites (N-methyl/N-ethyl adjacent to an activating group) is 1. The summed E-state index contributed by atoms with van der Waals surface area (Å²) < 4.78 is 8.10. The maximum Gasteiger partial charge on any atom is 0.0803 e. The molecule has 3 N–H and O–H groups in total. The van der Waals surface area contributed by atoms with Crippen LogP contribution in [0.4, 0.5) is 0 Å². The third-order valence-corrected chi connectivity index (χ3v) is 5.30. The van der Waals surface area contributed by atoms with Gasteiger partial charge in [0.25, 0.3) is 0 Å². The highest BCUT2D eigenvalue weighted by Crippen LogP contribution is 2.30. The first-order valence-corrected chi connectivity index (χ1v) is 8.58. The quantitative estimate of drug-likeness (QED) is 0.576. The fraction of sp³-hybridized carbons (Fsp3) is 0.750. The molecule has 1 saturated heterocycles. The number of nitrogens with zero attached hydrogens (tertiary/aromatic N) is 3. The number of rotatable bonds is 6. The molecule has 8 heteroatoms. The molecule has 2 rings (SSSR count). The molecule has 114 valence electrons. The summed E-state index contributed by atoms with van der Waals surface area (Å²) in [4.78, 5) is 2.36. The van der Waals surface area contributed by atoms with Gasteiger partial charge in [-0.25, -0.2) is 5.43 Å². The molecule has 0 saturated carbocycles. The van der Waals surface area contributed by atoms with Gasteiger partial charge in [-0.2, -0.15) is 16.9 Å². The topological polar surface area (TPSA) is 68.3 Å². The zero-order valence-corrected chi connectivity index (χ0v) is 14.3. The van der Waals surface area contributed by atoms with Gasteiger partial charge in [0, 0.05) is 31.2 Å². The molecule has 2 atom stereocenters. The lowest BCUT2D eigenvalue weighted by Gasteiger charge is -2.37. The van der Waals surface area contributed by atoms with Crippen LogP contribution in [0.15, 0.2) is 10.7 Å². The van der Waals surface area contributed by atoms with E-state index in [0.29, 0.717) is 12.6 Å². The number of methoxy groups -OCH3 is 1. The smallest absolute Gasteiger partial charge is 0.0803 e. The number of hydrogen-bond acceptors (Lipinski definition) is 6. The number of nitrogens with two attached hydrogens (primary N) is 1. The molecule has 1 aliphatic heterocycles. The van der Waals surface area contributed by atoms with E-state index in [1.807, 2.05) is 22.6 Å². The SMILES string of the molecule is COCCn1ncc(Br)c1C(NN)C1CSCCN1C. The number of thioether (sulfide) groups is 1. The standard InChI is InChI=1S/C12H22BrN5OS/c1-17-4-6-20-8-10(17)11(16-14)12-9(13)7-15-18(12)3-5-19-2/h7,10-11,16H,3-6,8,14H2,1-2H3. The van der Waals surface area contributed by atoms with E-state index >= 15 is 0 Å². The number of nitrogens with one attached hydrogen (secondary N) is 1. The second-order valence-corrected chi connectivity index (χ2v) is 6.87. The summed E-state index contributed by atoms with van der Waals surface area (Å²) in [5, 5.41) is 4.41. The molecule has 1 aliphatic rings. The first kappa shape index (κ1) is 16.3. The van der Waals surface area contributed by atoms with Crippen LogP contribution in [0.25, 0.3) is 0 Å². The lowest BCUT2D eigenvalue weighted by molar-refractivity contribution is 0.176. The van der Waals surface area contributed by atoms with E-state index in [9.17, 15) is 0 Å². The van der Waals surface area contributed by atoms with Gasteiger partial charge < -0.3 is 4.74 Å². The summed E-state index contributed by atoms with van der Waals surface area (Å²) in [6.07, 6.45) is 1.82. The van der Waals surface area contributed by atoms with Gasteiger partial charge in [-0.3, -0.25) is 15.4 Å². The minimum Gasteiger partial charge on any atom is -0.383 e. The summed E-state index contributed by atoms with van der Waals surface area (Å²) in [5.41, 5.74) is 4.06. The highest BCUT2D eigenvalue weighted by molar-refractivity contribution is 9.10. The second kappa shape index (κ2) is 7.77. The van der Waals surface area contributed by atoms with Crippen molar-refractivity contribution in [3.63, 3.8) is 0 Å². The minimum absolute atomic E-state index is 0.0431. The van der Waals surface area contributed by atoms with Crippen molar-refractivity contribution in [1.29, 1.82) is 0 Å². The number of hydrazine groups is 1. The highest BCUT2D eigenvalue weighted by Gasteiger charge is 2.32. The van der Waals surface area contributed by atoms with Gasteiger partial charge in [0.05, 0.1) is 35.6 Å². The third kappa shape index (κ3) is 3.55. The Morgan fingerprint density at radius 3 is 3.15 bits per heavy atom. The van der Waals surface area contributed by atoms with Gasteiger partial charge in [0.15, 0.2) is 0 Å². The molecule has 0 aromatic carbocycles. The normalized spacial score (nSPS) is 22.1. The first-order chi connectivity index (χ1) is 9.69. The van der Waals surface area contributed by atoms with E-state index in [0.717, 1.165) is 29.0 Å². The Morgan fingerprint density at radius 2 is 2.50 bits per heavy atom. The average Bonchev–Trinajstić information content (AvgIpc) is 2.81. The van der Waals surface area contributed by atoms with Gasteiger partial charge in [0.2, 0.25) is 0 Å².